The Bertz CT molecular complexity index is 1240. The number of rotatable bonds is 6. The molecule has 3 aromatic carbocycles. The van der Waals surface area contributed by atoms with Crippen LogP contribution in [-0.2, 0) is 9.53 Å². The Morgan fingerprint density at radius 3 is 2.15 bits per heavy atom. The summed E-state index contributed by atoms with van der Waals surface area (Å²) < 4.78 is 5.52. The number of hydrogen-bond acceptors (Lipinski definition) is 4. The van der Waals surface area contributed by atoms with Gasteiger partial charge in [0.2, 0.25) is 0 Å². The van der Waals surface area contributed by atoms with Crippen LogP contribution in [0, 0.1) is 0 Å². The van der Waals surface area contributed by atoms with E-state index in [4.69, 9.17) is 16.3 Å². The van der Waals surface area contributed by atoms with Crippen LogP contribution in [-0.4, -0.2) is 35.2 Å². The lowest BCUT2D eigenvalue weighted by Crippen LogP contribution is -2.49. The van der Waals surface area contributed by atoms with Crippen LogP contribution >= 0.6 is 11.6 Å². The number of carboxylic acid groups (broad SMARTS) is 1. The van der Waals surface area contributed by atoms with Gasteiger partial charge in [-0.05, 0) is 54.3 Å². The van der Waals surface area contributed by atoms with Crippen molar-refractivity contribution in [2.24, 2.45) is 0 Å². The number of hydrogen-bond donors (Lipinski definition) is 3. The van der Waals surface area contributed by atoms with E-state index in [1.165, 1.54) is 32.0 Å². The number of anilines is 1. The van der Waals surface area contributed by atoms with Crippen molar-refractivity contribution in [2.45, 2.75) is 25.3 Å². The molecule has 3 N–H and O–H groups in total. The zero-order valence-corrected chi connectivity index (χ0v) is 19.3. The van der Waals surface area contributed by atoms with E-state index in [0.29, 0.717) is 0 Å². The molecule has 3 aromatic rings. The fourth-order valence-corrected chi connectivity index (χ4v) is 4.08. The van der Waals surface area contributed by atoms with E-state index in [9.17, 15) is 19.5 Å². The number of nitrogens with one attached hydrogen (secondary N) is 2. The van der Waals surface area contributed by atoms with Gasteiger partial charge in [-0.2, -0.15) is 0 Å². The number of carbonyl (C=O) groups is 3. The summed E-state index contributed by atoms with van der Waals surface area (Å²) in [6.07, 6.45) is -0.716. The molecule has 0 unspecified atom stereocenters. The Hall–Kier alpha value is -3.84. The second-order valence-corrected chi connectivity index (χ2v) is 8.94. The number of amides is 2. The maximum atomic E-state index is 12.6. The molecular weight excluding hydrogens is 456 g/mol. The van der Waals surface area contributed by atoms with E-state index in [0.717, 1.165) is 22.3 Å². The van der Waals surface area contributed by atoms with Gasteiger partial charge >= 0.3 is 12.1 Å². The van der Waals surface area contributed by atoms with Crippen molar-refractivity contribution in [1.29, 1.82) is 0 Å². The molecule has 4 rings (SSSR count). The molecule has 0 saturated carbocycles. The first-order valence-electron chi connectivity index (χ1n) is 10.6. The average Bonchev–Trinajstić information content (AvgIpc) is 3.12. The topological polar surface area (TPSA) is 105 Å². The van der Waals surface area contributed by atoms with Crippen LogP contribution < -0.4 is 10.6 Å². The molecule has 174 valence electrons. The summed E-state index contributed by atoms with van der Waals surface area (Å²) in [6, 6.07) is 20.3. The van der Waals surface area contributed by atoms with Crippen molar-refractivity contribution in [3.8, 4) is 11.1 Å². The number of carbonyl (C=O) groups excluding carboxylic acids is 2. The smallest absolute Gasteiger partial charge is 0.411 e. The predicted molar refractivity (Wildman–Crippen MR) is 129 cm³/mol. The molecule has 1 aliphatic carbocycles. The van der Waals surface area contributed by atoms with Crippen molar-refractivity contribution in [3.05, 3.63) is 88.4 Å². The molecule has 34 heavy (non-hydrogen) atoms. The van der Waals surface area contributed by atoms with Gasteiger partial charge in [-0.15, -0.1) is 0 Å². The van der Waals surface area contributed by atoms with Gasteiger partial charge in [-0.3, -0.25) is 10.1 Å². The highest BCUT2D eigenvalue weighted by atomic mass is 35.5. The van der Waals surface area contributed by atoms with E-state index in [-0.39, 0.29) is 28.8 Å². The number of halogens is 1. The molecule has 7 nitrogen and oxygen atoms in total. The molecule has 8 heteroatoms. The lowest BCUT2D eigenvalue weighted by atomic mass is 9.98. The van der Waals surface area contributed by atoms with Gasteiger partial charge in [-0.1, -0.05) is 60.1 Å². The van der Waals surface area contributed by atoms with Crippen molar-refractivity contribution < 1.29 is 24.2 Å². The highest BCUT2D eigenvalue weighted by molar-refractivity contribution is 6.33. The van der Waals surface area contributed by atoms with E-state index >= 15 is 0 Å². The molecule has 0 aliphatic heterocycles. The van der Waals surface area contributed by atoms with Gasteiger partial charge in [0.1, 0.15) is 12.1 Å². The fraction of sp³-hybridized carbons (Fsp3) is 0.192. The summed E-state index contributed by atoms with van der Waals surface area (Å²) in [5, 5.41) is 14.4. The highest BCUT2D eigenvalue weighted by Crippen LogP contribution is 2.44. The average molecular weight is 479 g/mol. The zero-order chi connectivity index (χ0) is 24.5. The predicted octanol–water partition coefficient (Wildman–Crippen LogP) is 5.29. The number of ether oxygens (including phenoxy) is 1. The third-order valence-corrected chi connectivity index (χ3v) is 6.10. The van der Waals surface area contributed by atoms with Gasteiger partial charge in [0.25, 0.3) is 5.91 Å². The van der Waals surface area contributed by atoms with Crippen molar-refractivity contribution in [3.63, 3.8) is 0 Å². The van der Waals surface area contributed by atoms with Crippen LogP contribution in [0.4, 0.5) is 10.5 Å². The zero-order valence-electron chi connectivity index (χ0n) is 18.6. The molecule has 0 spiro atoms. The van der Waals surface area contributed by atoms with Crippen molar-refractivity contribution >= 4 is 35.3 Å². The van der Waals surface area contributed by atoms with Crippen LogP contribution in [0.2, 0.25) is 5.02 Å². The van der Waals surface area contributed by atoms with E-state index in [2.05, 4.69) is 22.8 Å². The van der Waals surface area contributed by atoms with E-state index in [1.54, 1.807) is 0 Å². The fourth-order valence-electron chi connectivity index (χ4n) is 3.92. The third kappa shape index (κ3) is 4.61. The Kier molecular flexibility index (Phi) is 6.30. The number of benzene rings is 3. The Morgan fingerprint density at radius 1 is 0.971 bits per heavy atom. The molecular formula is C26H23ClN2O5. The molecule has 0 atom stereocenters. The minimum absolute atomic E-state index is 0.0935. The summed E-state index contributed by atoms with van der Waals surface area (Å²) in [5.41, 5.74) is 3.30. The van der Waals surface area contributed by atoms with Crippen LogP contribution in [0.5, 0.6) is 0 Å². The minimum atomic E-state index is -1.46. The maximum absolute atomic E-state index is 12.6. The summed E-state index contributed by atoms with van der Waals surface area (Å²) in [4.78, 5) is 36.3. The second kappa shape index (κ2) is 9.19. The summed E-state index contributed by atoms with van der Waals surface area (Å²) >= 11 is 6.19. The van der Waals surface area contributed by atoms with Crippen LogP contribution in [0.1, 0.15) is 41.3 Å². The highest BCUT2D eigenvalue weighted by Gasteiger charge is 2.30. The van der Waals surface area contributed by atoms with E-state index < -0.39 is 23.5 Å². The van der Waals surface area contributed by atoms with Gasteiger partial charge in [0, 0.05) is 11.5 Å². The van der Waals surface area contributed by atoms with Crippen LogP contribution in [0.25, 0.3) is 11.1 Å². The van der Waals surface area contributed by atoms with Gasteiger partial charge in [-0.25, -0.2) is 9.59 Å². The summed E-state index contributed by atoms with van der Waals surface area (Å²) in [7, 11) is 0. The lowest BCUT2D eigenvalue weighted by Gasteiger charge is -2.21. The molecule has 0 heterocycles. The molecule has 1 aliphatic rings. The first-order chi connectivity index (χ1) is 16.2. The summed E-state index contributed by atoms with van der Waals surface area (Å²) in [6.45, 7) is 2.88. The quantitative estimate of drug-likeness (QED) is 0.446. The SMILES string of the molecule is CC(C)(NC(=O)c1ccc(Cl)c(NC(=O)OCC2c3ccccc3-c3ccccc32)c1)C(=O)O. The van der Waals surface area contributed by atoms with Crippen LogP contribution in [0.15, 0.2) is 66.7 Å². The Morgan fingerprint density at radius 2 is 1.56 bits per heavy atom. The normalized spacial score (nSPS) is 12.4. The first-order valence-corrected chi connectivity index (χ1v) is 11.0. The van der Waals surface area contributed by atoms with E-state index in [1.807, 2.05) is 36.4 Å². The largest absolute Gasteiger partial charge is 0.480 e. The van der Waals surface area contributed by atoms with Gasteiger partial charge in [0.15, 0.2) is 0 Å². The Labute approximate surface area is 201 Å². The minimum Gasteiger partial charge on any atom is -0.480 e. The lowest BCUT2D eigenvalue weighted by molar-refractivity contribution is -0.143. The number of carboxylic acids is 1. The Balaban J connectivity index is 1.45. The maximum Gasteiger partial charge on any atom is 0.411 e. The monoisotopic (exact) mass is 478 g/mol. The molecule has 0 aromatic heterocycles. The van der Waals surface area contributed by atoms with Crippen molar-refractivity contribution in [1.82, 2.24) is 5.32 Å². The molecule has 2 amide bonds. The molecule has 0 saturated heterocycles. The van der Waals surface area contributed by atoms with Crippen LogP contribution in [0.3, 0.4) is 0 Å². The van der Waals surface area contributed by atoms with Crippen molar-refractivity contribution in [2.75, 3.05) is 11.9 Å². The first kappa shape index (κ1) is 23.3. The van der Waals surface area contributed by atoms with Gasteiger partial charge in [0.05, 0.1) is 10.7 Å². The standard InChI is InChI=1S/C26H23ClN2O5/c1-26(2,24(31)32)29-23(30)15-11-12-21(27)22(13-15)28-25(33)34-14-20-18-9-5-3-7-16(18)17-8-4-6-10-19(17)20/h3-13,20H,14H2,1-2H3,(H,28,33)(H,29,30)(H,31,32). The summed E-state index contributed by atoms with van der Waals surface area (Å²) in [5.74, 6) is -1.88. The number of aliphatic carboxylic acids is 1. The van der Waals surface area contributed by atoms with Gasteiger partial charge < -0.3 is 15.2 Å². The molecule has 0 radical (unpaired) electrons. The third-order valence-electron chi connectivity index (χ3n) is 5.77. The number of fused-ring (bicyclic) bond motifs is 3. The molecule has 0 fully saturated rings. The second-order valence-electron chi connectivity index (χ2n) is 8.53. The molecule has 0 bridgehead atoms.